The highest BCUT2D eigenvalue weighted by atomic mass is 32.1. The summed E-state index contributed by atoms with van der Waals surface area (Å²) in [5, 5.41) is 0. The van der Waals surface area contributed by atoms with Gasteiger partial charge < -0.3 is 15.4 Å². The molecule has 2 N–H and O–H groups in total. The fourth-order valence-electron chi connectivity index (χ4n) is 2.59. The van der Waals surface area contributed by atoms with Gasteiger partial charge in [0.05, 0.1) is 12.2 Å². The predicted molar refractivity (Wildman–Crippen MR) is 87.4 cm³/mol. The number of carbonyl (C=O) groups excluding carboxylic acids is 1. The number of ether oxygens (including phenoxy) is 1. The number of piperidine rings is 1. The van der Waals surface area contributed by atoms with E-state index in [0.717, 1.165) is 37.9 Å². The lowest BCUT2D eigenvalue weighted by Gasteiger charge is -2.30. The van der Waals surface area contributed by atoms with E-state index in [1.165, 1.54) is 0 Å². The minimum Gasteiger partial charge on any atom is -0.493 e. The van der Waals surface area contributed by atoms with Gasteiger partial charge in [0, 0.05) is 19.0 Å². The van der Waals surface area contributed by atoms with Crippen LogP contribution in [0, 0.1) is 5.92 Å². The lowest BCUT2D eigenvalue weighted by molar-refractivity contribution is -0.137. The van der Waals surface area contributed by atoms with Crippen molar-refractivity contribution in [3.8, 4) is 5.75 Å². The quantitative estimate of drug-likeness (QED) is 0.647. The molecule has 1 aliphatic rings. The van der Waals surface area contributed by atoms with Crippen LogP contribution >= 0.6 is 12.2 Å². The van der Waals surface area contributed by atoms with E-state index in [2.05, 4.69) is 0 Å². The Kier molecular flexibility index (Phi) is 5.56. The molecule has 0 radical (unpaired) electrons. The third kappa shape index (κ3) is 4.17. The molecule has 4 nitrogen and oxygen atoms in total. The summed E-state index contributed by atoms with van der Waals surface area (Å²) in [6.07, 6.45) is 2.91. The van der Waals surface area contributed by atoms with E-state index in [4.69, 9.17) is 22.7 Å². The molecule has 1 aromatic carbocycles. The van der Waals surface area contributed by atoms with Gasteiger partial charge in [-0.15, -0.1) is 0 Å². The van der Waals surface area contributed by atoms with Gasteiger partial charge in [0.2, 0.25) is 5.91 Å². The molecule has 1 aromatic rings. The Morgan fingerprint density at radius 2 is 2.24 bits per heavy atom. The van der Waals surface area contributed by atoms with Crippen LogP contribution in [0.1, 0.15) is 31.7 Å². The van der Waals surface area contributed by atoms with Crippen molar-refractivity contribution >= 4 is 23.1 Å². The summed E-state index contributed by atoms with van der Waals surface area (Å²) in [6.45, 7) is 4.17. The van der Waals surface area contributed by atoms with Crippen LogP contribution in [0.2, 0.25) is 0 Å². The van der Waals surface area contributed by atoms with E-state index >= 15 is 0 Å². The summed E-state index contributed by atoms with van der Waals surface area (Å²) in [7, 11) is 0. The molecular formula is C16H22N2O2S. The van der Waals surface area contributed by atoms with Crippen LogP contribution in [-0.2, 0) is 4.79 Å². The molecule has 21 heavy (non-hydrogen) atoms. The number of amides is 1. The third-order valence-electron chi connectivity index (χ3n) is 3.78. The highest BCUT2D eigenvalue weighted by Gasteiger charge is 2.24. The zero-order valence-corrected chi connectivity index (χ0v) is 13.2. The monoisotopic (exact) mass is 306 g/mol. The molecule has 114 valence electrons. The zero-order valence-electron chi connectivity index (χ0n) is 12.4. The fraction of sp³-hybridized carbons (Fsp3) is 0.500. The Morgan fingerprint density at radius 3 is 3.00 bits per heavy atom. The number of nitrogens with zero attached hydrogens (tertiary/aromatic N) is 1. The number of likely N-dealkylation sites (tertiary alicyclic amines) is 1. The Labute approximate surface area is 131 Å². The van der Waals surface area contributed by atoms with Gasteiger partial charge in [-0.2, -0.15) is 0 Å². The summed E-state index contributed by atoms with van der Waals surface area (Å²) in [6, 6.07) is 7.50. The van der Waals surface area contributed by atoms with Crippen molar-refractivity contribution < 1.29 is 9.53 Å². The summed E-state index contributed by atoms with van der Waals surface area (Å²) >= 11 is 5.00. The van der Waals surface area contributed by atoms with Gasteiger partial charge in [-0.3, -0.25) is 4.79 Å². The Balaban J connectivity index is 1.80. The first-order valence-corrected chi connectivity index (χ1v) is 7.81. The smallest absolute Gasteiger partial charge is 0.225 e. The van der Waals surface area contributed by atoms with Gasteiger partial charge in [-0.1, -0.05) is 31.3 Å². The zero-order chi connectivity index (χ0) is 15.2. The van der Waals surface area contributed by atoms with Crippen molar-refractivity contribution in [1.29, 1.82) is 0 Å². The number of rotatable bonds is 6. The highest BCUT2D eigenvalue weighted by Crippen LogP contribution is 2.19. The lowest BCUT2D eigenvalue weighted by atomic mass is 9.99. The highest BCUT2D eigenvalue weighted by molar-refractivity contribution is 7.80. The molecule has 1 amide bonds. The average Bonchev–Trinajstić information content (AvgIpc) is 2.48. The van der Waals surface area contributed by atoms with Crippen molar-refractivity contribution in [2.24, 2.45) is 11.7 Å². The van der Waals surface area contributed by atoms with Crippen LogP contribution in [0.15, 0.2) is 24.3 Å². The molecule has 1 saturated heterocycles. The van der Waals surface area contributed by atoms with E-state index in [0.29, 0.717) is 17.3 Å². The minimum absolute atomic E-state index is 0.162. The molecule has 0 saturated carbocycles. The van der Waals surface area contributed by atoms with Gasteiger partial charge in [0.15, 0.2) is 0 Å². The molecule has 1 aliphatic heterocycles. The SMILES string of the molecule is CC1CCCN(CCCOc2ccccc2C(N)=S)C1=O. The van der Waals surface area contributed by atoms with Crippen LogP contribution in [0.25, 0.3) is 0 Å². The normalized spacial score (nSPS) is 18.6. The lowest BCUT2D eigenvalue weighted by Crippen LogP contribution is -2.41. The molecule has 0 spiro atoms. The molecule has 0 aliphatic carbocycles. The number of thiocarbonyl (C=S) groups is 1. The first-order valence-electron chi connectivity index (χ1n) is 7.40. The molecule has 1 heterocycles. The van der Waals surface area contributed by atoms with Crippen molar-refractivity contribution in [1.82, 2.24) is 4.90 Å². The number of hydrogen-bond donors (Lipinski definition) is 1. The summed E-state index contributed by atoms with van der Waals surface area (Å²) < 4.78 is 5.75. The molecular weight excluding hydrogens is 284 g/mol. The second kappa shape index (κ2) is 7.41. The first kappa shape index (κ1) is 15.8. The van der Waals surface area contributed by atoms with Gasteiger partial charge in [0.25, 0.3) is 0 Å². The topological polar surface area (TPSA) is 55.6 Å². The minimum atomic E-state index is 0.162. The molecule has 1 unspecified atom stereocenters. The van der Waals surface area contributed by atoms with E-state index < -0.39 is 0 Å². The maximum Gasteiger partial charge on any atom is 0.225 e. The largest absolute Gasteiger partial charge is 0.493 e. The van der Waals surface area contributed by atoms with Gasteiger partial charge >= 0.3 is 0 Å². The number of hydrogen-bond acceptors (Lipinski definition) is 3. The average molecular weight is 306 g/mol. The fourth-order valence-corrected chi connectivity index (χ4v) is 2.76. The van der Waals surface area contributed by atoms with Crippen molar-refractivity contribution in [2.75, 3.05) is 19.7 Å². The van der Waals surface area contributed by atoms with E-state index in [1.54, 1.807) is 0 Å². The molecule has 0 aromatic heterocycles. The van der Waals surface area contributed by atoms with E-state index in [1.807, 2.05) is 36.1 Å². The van der Waals surface area contributed by atoms with Crippen molar-refractivity contribution in [2.45, 2.75) is 26.2 Å². The second-order valence-corrected chi connectivity index (χ2v) is 5.87. The van der Waals surface area contributed by atoms with Gasteiger partial charge in [-0.05, 0) is 31.4 Å². The van der Waals surface area contributed by atoms with Crippen LogP contribution in [0.3, 0.4) is 0 Å². The van der Waals surface area contributed by atoms with E-state index in [9.17, 15) is 4.79 Å². The van der Waals surface area contributed by atoms with Crippen LogP contribution in [0.5, 0.6) is 5.75 Å². The van der Waals surface area contributed by atoms with Crippen LogP contribution in [0.4, 0.5) is 0 Å². The van der Waals surface area contributed by atoms with Gasteiger partial charge in [0.1, 0.15) is 10.7 Å². The predicted octanol–water partition coefficient (Wildman–Crippen LogP) is 2.35. The Morgan fingerprint density at radius 1 is 1.48 bits per heavy atom. The molecule has 1 atom stereocenters. The number of carbonyl (C=O) groups is 1. The summed E-state index contributed by atoms with van der Waals surface area (Å²) in [5.41, 5.74) is 6.43. The summed E-state index contributed by atoms with van der Waals surface area (Å²) in [4.78, 5) is 14.3. The molecule has 2 rings (SSSR count). The first-order chi connectivity index (χ1) is 10.1. The number of benzene rings is 1. The van der Waals surface area contributed by atoms with Crippen LogP contribution < -0.4 is 10.5 Å². The standard InChI is InChI=1S/C16H22N2O2S/c1-12-6-4-9-18(16(12)19)10-5-11-20-14-8-3-2-7-13(14)15(17)21/h2-3,7-8,12H,4-6,9-11H2,1H3,(H2,17,21). The van der Waals surface area contributed by atoms with E-state index in [-0.39, 0.29) is 11.8 Å². The number of nitrogens with two attached hydrogens (primary N) is 1. The Bertz CT molecular complexity index is 519. The maximum absolute atomic E-state index is 12.0. The van der Waals surface area contributed by atoms with Crippen molar-refractivity contribution in [3.05, 3.63) is 29.8 Å². The third-order valence-corrected chi connectivity index (χ3v) is 4.00. The van der Waals surface area contributed by atoms with Gasteiger partial charge in [-0.25, -0.2) is 0 Å². The molecule has 1 fully saturated rings. The Hall–Kier alpha value is -1.62. The molecule has 0 bridgehead atoms. The summed E-state index contributed by atoms with van der Waals surface area (Å²) in [5.74, 6) is 1.14. The van der Waals surface area contributed by atoms with Crippen molar-refractivity contribution in [3.63, 3.8) is 0 Å². The maximum atomic E-state index is 12.0. The second-order valence-electron chi connectivity index (χ2n) is 5.43. The van der Waals surface area contributed by atoms with Crippen LogP contribution in [-0.4, -0.2) is 35.5 Å². The molecule has 5 heteroatoms. The number of para-hydroxylation sites is 1.